The maximum absolute atomic E-state index is 14.2. The van der Waals surface area contributed by atoms with Crippen LogP contribution in [0.15, 0.2) is 30.5 Å². The van der Waals surface area contributed by atoms with Crippen LogP contribution in [0.2, 0.25) is 0 Å². The van der Waals surface area contributed by atoms with Gasteiger partial charge in [0.1, 0.15) is 17.3 Å². The van der Waals surface area contributed by atoms with E-state index in [1.54, 1.807) is 7.11 Å². The van der Waals surface area contributed by atoms with Gasteiger partial charge in [0, 0.05) is 35.4 Å². The second kappa shape index (κ2) is 10.4. The molecule has 0 saturated heterocycles. The van der Waals surface area contributed by atoms with E-state index in [4.69, 9.17) is 14.2 Å². The molecule has 0 bridgehead atoms. The van der Waals surface area contributed by atoms with Crippen molar-refractivity contribution in [2.45, 2.75) is 20.1 Å². The van der Waals surface area contributed by atoms with Crippen molar-refractivity contribution in [2.24, 2.45) is 0 Å². The molecule has 0 amide bonds. The highest BCUT2D eigenvalue weighted by molar-refractivity contribution is 5.93. The minimum atomic E-state index is -1.14. The van der Waals surface area contributed by atoms with Crippen LogP contribution in [-0.2, 0) is 27.4 Å². The predicted molar refractivity (Wildman–Crippen MR) is 109 cm³/mol. The average Bonchev–Trinajstić information content (AvgIpc) is 3.00. The summed E-state index contributed by atoms with van der Waals surface area (Å²) in [6.45, 7) is 3.91. The number of aromatic nitrogens is 2. The molecule has 2 aromatic heterocycles. The SMILES string of the molecule is COCCOCCOCc1c(C)n(Cc2ccc(F)cc2F)c2cnc(C(=O)O)cc12. The molecule has 3 rings (SSSR count). The van der Waals surface area contributed by atoms with E-state index >= 15 is 0 Å². The summed E-state index contributed by atoms with van der Waals surface area (Å²) >= 11 is 0. The molecule has 0 fully saturated rings. The minimum Gasteiger partial charge on any atom is -0.477 e. The van der Waals surface area contributed by atoms with Crippen molar-refractivity contribution in [3.8, 4) is 0 Å². The van der Waals surface area contributed by atoms with Crippen LogP contribution in [-0.4, -0.2) is 54.2 Å². The van der Waals surface area contributed by atoms with Crippen molar-refractivity contribution in [3.63, 3.8) is 0 Å². The molecule has 1 aromatic carbocycles. The number of aromatic carboxylic acids is 1. The van der Waals surface area contributed by atoms with Gasteiger partial charge in [-0.2, -0.15) is 0 Å². The molecule has 0 aliphatic heterocycles. The smallest absolute Gasteiger partial charge is 0.354 e. The number of halogens is 2. The monoisotopic (exact) mass is 434 g/mol. The summed E-state index contributed by atoms with van der Waals surface area (Å²) in [5, 5.41) is 9.97. The van der Waals surface area contributed by atoms with Gasteiger partial charge in [0.25, 0.3) is 0 Å². The van der Waals surface area contributed by atoms with E-state index in [1.165, 1.54) is 24.4 Å². The summed E-state index contributed by atoms with van der Waals surface area (Å²) in [5.74, 6) is -2.44. The van der Waals surface area contributed by atoms with Crippen molar-refractivity contribution in [1.82, 2.24) is 9.55 Å². The van der Waals surface area contributed by atoms with Gasteiger partial charge in [0.05, 0.1) is 51.3 Å². The fourth-order valence-corrected chi connectivity index (χ4v) is 3.30. The molecule has 0 atom stereocenters. The lowest BCUT2D eigenvalue weighted by Gasteiger charge is -2.10. The summed E-state index contributed by atoms with van der Waals surface area (Å²) in [7, 11) is 1.59. The van der Waals surface area contributed by atoms with Crippen LogP contribution in [0.3, 0.4) is 0 Å². The lowest BCUT2D eigenvalue weighted by Crippen LogP contribution is -2.09. The van der Waals surface area contributed by atoms with Crippen molar-refractivity contribution < 1.29 is 32.9 Å². The van der Waals surface area contributed by atoms with Gasteiger partial charge < -0.3 is 23.9 Å². The number of rotatable bonds is 11. The Morgan fingerprint density at radius 3 is 2.58 bits per heavy atom. The molecular formula is C22H24F2N2O5. The zero-order chi connectivity index (χ0) is 22.4. The van der Waals surface area contributed by atoms with Gasteiger partial charge in [-0.3, -0.25) is 0 Å². The quantitative estimate of drug-likeness (QED) is 0.465. The van der Waals surface area contributed by atoms with Crippen LogP contribution >= 0.6 is 0 Å². The average molecular weight is 434 g/mol. The normalized spacial score (nSPS) is 11.4. The molecular weight excluding hydrogens is 410 g/mol. The third-order valence-electron chi connectivity index (χ3n) is 4.95. The number of pyridine rings is 1. The molecule has 0 spiro atoms. The Bertz CT molecular complexity index is 1070. The van der Waals surface area contributed by atoms with Crippen LogP contribution in [0, 0.1) is 18.6 Å². The van der Waals surface area contributed by atoms with Gasteiger partial charge in [0.15, 0.2) is 0 Å². The molecule has 0 radical (unpaired) electrons. The lowest BCUT2D eigenvalue weighted by atomic mass is 10.1. The molecule has 3 aromatic rings. The third-order valence-corrected chi connectivity index (χ3v) is 4.95. The van der Waals surface area contributed by atoms with Crippen LogP contribution in [0.5, 0.6) is 0 Å². The summed E-state index contributed by atoms with van der Waals surface area (Å²) in [6, 6.07) is 4.91. The predicted octanol–water partition coefficient (Wildman–Crippen LogP) is 3.55. The molecule has 0 aliphatic rings. The maximum Gasteiger partial charge on any atom is 0.354 e. The van der Waals surface area contributed by atoms with E-state index < -0.39 is 17.6 Å². The molecule has 0 unspecified atom stereocenters. The van der Waals surface area contributed by atoms with E-state index in [0.717, 1.165) is 17.3 Å². The topological polar surface area (TPSA) is 82.8 Å². The van der Waals surface area contributed by atoms with Gasteiger partial charge in [-0.05, 0) is 19.1 Å². The first-order valence-electron chi connectivity index (χ1n) is 9.71. The molecule has 0 saturated carbocycles. The molecule has 31 heavy (non-hydrogen) atoms. The standard InChI is InChI=1S/C22H24F2N2O5/c1-14-18(13-31-8-7-30-6-5-29-2)17-10-20(22(27)28)25-11-21(17)26(14)12-15-3-4-16(23)9-19(15)24/h3-4,9-11H,5-8,12-13H2,1-2H3,(H,27,28). The number of hydrogen-bond donors (Lipinski definition) is 1. The van der Waals surface area contributed by atoms with E-state index in [2.05, 4.69) is 4.98 Å². The Hall–Kier alpha value is -2.88. The van der Waals surface area contributed by atoms with E-state index in [-0.39, 0.29) is 18.8 Å². The number of nitrogens with zero attached hydrogens (tertiary/aromatic N) is 2. The summed E-state index contributed by atoms with van der Waals surface area (Å²) < 4.78 is 45.3. The lowest BCUT2D eigenvalue weighted by molar-refractivity contribution is 0.0200. The summed E-state index contributed by atoms with van der Waals surface area (Å²) in [6.07, 6.45) is 1.45. The maximum atomic E-state index is 14.2. The molecule has 166 valence electrons. The number of ether oxygens (including phenoxy) is 3. The van der Waals surface area contributed by atoms with Gasteiger partial charge in [-0.15, -0.1) is 0 Å². The number of fused-ring (bicyclic) bond motifs is 1. The minimum absolute atomic E-state index is 0.0956. The van der Waals surface area contributed by atoms with Gasteiger partial charge in [-0.25, -0.2) is 18.6 Å². The second-order valence-electron chi connectivity index (χ2n) is 6.94. The first-order valence-corrected chi connectivity index (χ1v) is 9.71. The van der Waals surface area contributed by atoms with E-state index in [1.807, 2.05) is 11.5 Å². The molecule has 7 nitrogen and oxygen atoms in total. The Morgan fingerprint density at radius 2 is 1.87 bits per heavy atom. The molecule has 1 N–H and O–H groups in total. The zero-order valence-corrected chi connectivity index (χ0v) is 17.4. The molecule has 0 aliphatic carbocycles. The Labute approximate surface area is 178 Å². The highest BCUT2D eigenvalue weighted by Crippen LogP contribution is 2.28. The highest BCUT2D eigenvalue weighted by atomic mass is 19.1. The number of carboxylic acid groups (broad SMARTS) is 1. The molecule has 9 heteroatoms. The fraction of sp³-hybridized carbons (Fsp3) is 0.364. The van der Waals surface area contributed by atoms with E-state index in [0.29, 0.717) is 42.9 Å². The van der Waals surface area contributed by atoms with Gasteiger partial charge in [0.2, 0.25) is 0 Å². The Morgan fingerprint density at radius 1 is 1.13 bits per heavy atom. The first kappa shape index (κ1) is 22.8. The number of methoxy groups -OCH3 is 1. The largest absolute Gasteiger partial charge is 0.477 e. The van der Waals surface area contributed by atoms with Gasteiger partial charge >= 0.3 is 5.97 Å². The Kier molecular flexibility index (Phi) is 7.67. The number of carbonyl (C=O) groups is 1. The van der Waals surface area contributed by atoms with Crippen molar-refractivity contribution in [2.75, 3.05) is 33.5 Å². The second-order valence-corrected chi connectivity index (χ2v) is 6.94. The van der Waals surface area contributed by atoms with Crippen LogP contribution < -0.4 is 0 Å². The number of hydrogen-bond acceptors (Lipinski definition) is 5. The summed E-state index contributed by atoms with van der Waals surface area (Å²) in [4.78, 5) is 15.4. The number of benzene rings is 1. The van der Waals surface area contributed by atoms with E-state index in [9.17, 15) is 18.7 Å². The van der Waals surface area contributed by atoms with Crippen molar-refractivity contribution in [1.29, 1.82) is 0 Å². The summed E-state index contributed by atoms with van der Waals surface area (Å²) in [5.41, 5.74) is 2.41. The van der Waals surface area contributed by atoms with Crippen molar-refractivity contribution in [3.05, 3.63) is 64.6 Å². The zero-order valence-electron chi connectivity index (χ0n) is 17.4. The van der Waals surface area contributed by atoms with Crippen molar-refractivity contribution >= 4 is 16.9 Å². The highest BCUT2D eigenvalue weighted by Gasteiger charge is 2.18. The number of carboxylic acids is 1. The molecule has 2 heterocycles. The van der Waals surface area contributed by atoms with Crippen LogP contribution in [0.4, 0.5) is 8.78 Å². The Balaban J connectivity index is 1.88. The van der Waals surface area contributed by atoms with Crippen LogP contribution in [0.25, 0.3) is 10.9 Å². The first-order chi connectivity index (χ1) is 14.9. The van der Waals surface area contributed by atoms with Crippen LogP contribution in [0.1, 0.15) is 27.3 Å². The third kappa shape index (κ3) is 5.43. The fourth-order valence-electron chi connectivity index (χ4n) is 3.30. The van der Waals surface area contributed by atoms with Gasteiger partial charge in [-0.1, -0.05) is 6.07 Å².